The number of ether oxygens (including phenoxy) is 7. The molecule has 0 unspecified atom stereocenters. The third kappa shape index (κ3) is 10.3. The van der Waals surface area contributed by atoms with E-state index in [4.69, 9.17) is 47.5 Å². The topological polar surface area (TPSA) is 132 Å². The Morgan fingerprint density at radius 1 is 0.695 bits per heavy atom. The molecular formula is C46H59N3O9Si. The van der Waals surface area contributed by atoms with Gasteiger partial charge in [-0.25, -0.2) is 0 Å². The Labute approximate surface area is 349 Å². The fraction of sp³-hybridized carbons (Fsp3) is 0.522. The highest BCUT2D eigenvalue weighted by molar-refractivity contribution is 6.73. The van der Waals surface area contributed by atoms with Crippen LogP contribution in [0.2, 0.25) is 10.1 Å². The van der Waals surface area contributed by atoms with Crippen LogP contribution in [0.5, 0.6) is 0 Å². The van der Waals surface area contributed by atoms with E-state index in [0.717, 1.165) is 27.5 Å². The SMILES string of the molecule is CC(C)(C)[Si]1(C(C)(C)C)OC[C@@H]2O[C@@H](O[C@H]3[C@H](OCCCN=[N+]=[N-])O[C@@H](COCc4ccccc4)[C@@H]3OCc3ccccc3)[C@H](OCc3ccc4ccccc4c3)[C@H]2O1. The lowest BCUT2D eigenvalue weighted by molar-refractivity contribution is -0.254. The van der Waals surface area contributed by atoms with Crippen molar-refractivity contribution in [3.63, 3.8) is 0 Å². The van der Waals surface area contributed by atoms with Crippen molar-refractivity contribution in [3.8, 4) is 0 Å². The minimum atomic E-state index is -2.93. The highest BCUT2D eigenvalue weighted by atomic mass is 28.4. The van der Waals surface area contributed by atoms with Gasteiger partial charge >= 0.3 is 8.56 Å². The molecule has 3 aliphatic heterocycles. The van der Waals surface area contributed by atoms with Crippen LogP contribution in [-0.4, -0.2) is 84.1 Å². The number of azide groups is 1. The van der Waals surface area contributed by atoms with Gasteiger partial charge < -0.3 is 42.0 Å². The maximum Gasteiger partial charge on any atom is 0.349 e. The van der Waals surface area contributed by atoms with Gasteiger partial charge in [0.05, 0.1) is 33.0 Å². The predicted octanol–water partition coefficient (Wildman–Crippen LogP) is 9.54. The molecule has 0 amide bonds. The van der Waals surface area contributed by atoms with Crippen LogP contribution in [-0.2, 0) is 61.8 Å². The van der Waals surface area contributed by atoms with Crippen molar-refractivity contribution in [1.82, 2.24) is 0 Å². The molecule has 0 aromatic heterocycles. The van der Waals surface area contributed by atoms with Crippen molar-refractivity contribution in [2.75, 3.05) is 26.4 Å². The molecule has 8 atom stereocenters. The Hall–Kier alpha value is -3.69. The van der Waals surface area contributed by atoms with E-state index in [1.165, 1.54) is 0 Å². The standard InChI is InChI=1S/C46H59N3O9Si/c1-45(2,3)59(46(4,5)6)54-31-38-40(58-59)41(53-29-34-22-23-35-20-13-14-21-36(35)26-34)44(56-38)57-42-39(52-28-33-18-11-8-12-19-33)37(30-50-27-32-16-9-7-10-17-32)55-43(42)51-25-15-24-48-49-47/h7-14,16-23,26,37-44H,15,24-25,27-31H2,1-6H3/t37-,38-,39-,40-,41+,42+,43+,44-/m0/s1. The van der Waals surface area contributed by atoms with Crippen LogP contribution in [0.3, 0.4) is 0 Å². The molecular weight excluding hydrogens is 767 g/mol. The first-order valence-electron chi connectivity index (χ1n) is 20.7. The molecule has 7 rings (SSSR count). The summed E-state index contributed by atoms with van der Waals surface area (Å²) in [5.41, 5.74) is 11.9. The maximum atomic E-state index is 8.86. The average molecular weight is 826 g/mol. The molecule has 0 spiro atoms. The Bertz CT molecular complexity index is 1970. The molecule has 59 heavy (non-hydrogen) atoms. The molecule has 0 N–H and O–H groups in total. The average Bonchev–Trinajstić information content (AvgIpc) is 3.74. The van der Waals surface area contributed by atoms with E-state index in [2.05, 4.69) is 81.9 Å². The van der Waals surface area contributed by atoms with Gasteiger partial charge in [0.25, 0.3) is 0 Å². The van der Waals surface area contributed by atoms with Crippen molar-refractivity contribution in [1.29, 1.82) is 0 Å². The summed E-state index contributed by atoms with van der Waals surface area (Å²) >= 11 is 0. The van der Waals surface area contributed by atoms with Gasteiger partial charge in [-0.1, -0.05) is 144 Å². The largest absolute Gasteiger partial charge is 0.391 e. The zero-order valence-electron chi connectivity index (χ0n) is 35.1. The number of hydrogen-bond donors (Lipinski definition) is 0. The molecule has 3 heterocycles. The van der Waals surface area contributed by atoms with Crippen molar-refractivity contribution in [3.05, 3.63) is 130 Å². The minimum absolute atomic E-state index is 0.230. The van der Waals surface area contributed by atoms with E-state index < -0.39 is 57.8 Å². The zero-order valence-corrected chi connectivity index (χ0v) is 36.1. The fourth-order valence-electron chi connectivity index (χ4n) is 8.59. The molecule has 4 aromatic rings. The van der Waals surface area contributed by atoms with E-state index in [0.29, 0.717) is 32.8 Å². The third-order valence-electron chi connectivity index (χ3n) is 11.2. The van der Waals surface area contributed by atoms with Gasteiger partial charge in [-0.3, -0.25) is 0 Å². The molecule has 4 aromatic carbocycles. The molecule has 13 heteroatoms. The van der Waals surface area contributed by atoms with Crippen molar-refractivity contribution in [2.45, 2.75) is 127 Å². The van der Waals surface area contributed by atoms with Crippen LogP contribution in [0.4, 0.5) is 0 Å². The van der Waals surface area contributed by atoms with Crippen LogP contribution < -0.4 is 0 Å². The molecule has 3 fully saturated rings. The second-order valence-electron chi connectivity index (χ2n) is 17.6. The van der Waals surface area contributed by atoms with Gasteiger partial charge in [-0.2, -0.15) is 0 Å². The van der Waals surface area contributed by atoms with Crippen LogP contribution in [0.25, 0.3) is 21.2 Å². The Balaban J connectivity index is 1.19. The molecule has 0 aliphatic carbocycles. The van der Waals surface area contributed by atoms with Crippen LogP contribution in [0.1, 0.15) is 64.7 Å². The zero-order chi connectivity index (χ0) is 41.5. The first-order chi connectivity index (χ1) is 28.5. The molecule has 3 aliphatic rings. The molecule has 0 bridgehead atoms. The van der Waals surface area contributed by atoms with E-state index in [1.54, 1.807) is 0 Å². The monoisotopic (exact) mass is 825 g/mol. The number of benzene rings is 4. The second-order valence-corrected chi connectivity index (χ2v) is 22.4. The van der Waals surface area contributed by atoms with Crippen LogP contribution in [0.15, 0.2) is 108 Å². The molecule has 12 nitrogen and oxygen atoms in total. The third-order valence-corrected chi connectivity index (χ3v) is 16.4. The fourth-order valence-corrected chi connectivity index (χ4v) is 13.5. The van der Waals surface area contributed by atoms with Crippen molar-refractivity contribution < 1.29 is 42.0 Å². The van der Waals surface area contributed by atoms with E-state index >= 15 is 0 Å². The Kier molecular flexibility index (Phi) is 14.2. The number of rotatable bonds is 17. The lowest BCUT2D eigenvalue weighted by atomic mass is 10.1. The summed E-state index contributed by atoms with van der Waals surface area (Å²) in [7, 11) is -2.93. The van der Waals surface area contributed by atoms with Gasteiger partial charge in [-0.15, -0.1) is 0 Å². The summed E-state index contributed by atoms with van der Waals surface area (Å²) in [5, 5.41) is 5.48. The smallest absolute Gasteiger partial charge is 0.349 e. The van der Waals surface area contributed by atoms with Crippen molar-refractivity contribution in [2.24, 2.45) is 5.11 Å². The summed E-state index contributed by atoms with van der Waals surface area (Å²) in [6, 6.07) is 34.7. The first kappa shape index (κ1) is 43.4. The summed E-state index contributed by atoms with van der Waals surface area (Å²) in [5.74, 6) is 0. The Morgan fingerprint density at radius 3 is 2.03 bits per heavy atom. The van der Waals surface area contributed by atoms with E-state index in [1.807, 2.05) is 72.8 Å². The Morgan fingerprint density at radius 2 is 1.34 bits per heavy atom. The molecule has 3 saturated heterocycles. The second kappa shape index (κ2) is 19.3. The summed E-state index contributed by atoms with van der Waals surface area (Å²) in [6.07, 6.45) is -4.67. The van der Waals surface area contributed by atoms with E-state index in [9.17, 15) is 0 Å². The van der Waals surface area contributed by atoms with Gasteiger partial charge in [0.15, 0.2) is 12.6 Å². The summed E-state index contributed by atoms with van der Waals surface area (Å²) in [6.45, 7) is 15.4. The van der Waals surface area contributed by atoms with Crippen LogP contribution in [0, 0.1) is 0 Å². The normalized spacial score (nSPS) is 26.7. The minimum Gasteiger partial charge on any atom is -0.391 e. The summed E-state index contributed by atoms with van der Waals surface area (Å²) < 4.78 is 60.9. The van der Waals surface area contributed by atoms with Gasteiger partial charge in [0, 0.05) is 28.1 Å². The van der Waals surface area contributed by atoms with Crippen LogP contribution >= 0.6 is 0 Å². The highest BCUT2D eigenvalue weighted by Crippen LogP contribution is 2.55. The number of fused-ring (bicyclic) bond motifs is 2. The quantitative estimate of drug-likeness (QED) is 0.0336. The maximum absolute atomic E-state index is 8.86. The number of nitrogens with zero attached hydrogens (tertiary/aromatic N) is 3. The molecule has 316 valence electrons. The molecule has 0 saturated carbocycles. The predicted molar refractivity (Wildman–Crippen MR) is 226 cm³/mol. The van der Waals surface area contributed by atoms with Crippen molar-refractivity contribution >= 4 is 19.3 Å². The first-order valence-corrected chi connectivity index (χ1v) is 22.5. The van der Waals surface area contributed by atoms with Gasteiger partial charge in [-0.05, 0) is 45.5 Å². The summed E-state index contributed by atoms with van der Waals surface area (Å²) in [4.78, 5) is 2.89. The number of hydrogen-bond acceptors (Lipinski definition) is 10. The van der Waals surface area contributed by atoms with Gasteiger partial charge in [0.2, 0.25) is 0 Å². The molecule has 0 radical (unpaired) electrons. The van der Waals surface area contributed by atoms with E-state index in [-0.39, 0.29) is 29.8 Å². The van der Waals surface area contributed by atoms with Gasteiger partial charge in [0.1, 0.15) is 36.6 Å². The lowest BCUT2D eigenvalue weighted by Gasteiger charge is -2.53. The lowest BCUT2D eigenvalue weighted by Crippen LogP contribution is -2.65. The highest BCUT2D eigenvalue weighted by Gasteiger charge is 2.66.